The maximum atomic E-state index is 12.2. The van der Waals surface area contributed by atoms with Crippen LogP contribution in [0.3, 0.4) is 0 Å². The summed E-state index contributed by atoms with van der Waals surface area (Å²) in [5.41, 5.74) is 1.50. The van der Waals surface area contributed by atoms with Crippen LogP contribution in [0.1, 0.15) is 41.7 Å². The van der Waals surface area contributed by atoms with Crippen LogP contribution < -0.4 is 10.6 Å². The standard InChI is InChI=1S/C16H19N5O/c22-16(21-13-3-1-2-4-13)14-9-15(20-11-19-14)18-10-12-5-7-17-8-6-12/h5-9,11,13H,1-4,10H2,(H,21,22)(H,18,19,20). The molecule has 1 aliphatic rings. The average molecular weight is 297 g/mol. The first kappa shape index (κ1) is 14.4. The molecule has 1 saturated carbocycles. The third-order valence-electron chi connectivity index (χ3n) is 3.81. The molecule has 2 N–H and O–H groups in total. The Morgan fingerprint density at radius 2 is 1.95 bits per heavy atom. The van der Waals surface area contributed by atoms with Gasteiger partial charge in [0.1, 0.15) is 17.8 Å². The van der Waals surface area contributed by atoms with Crippen molar-refractivity contribution in [3.8, 4) is 0 Å². The molecule has 0 radical (unpaired) electrons. The number of carbonyl (C=O) groups is 1. The van der Waals surface area contributed by atoms with Crippen molar-refractivity contribution >= 4 is 11.7 Å². The highest BCUT2D eigenvalue weighted by molar-refractivity contribution is 5.93. The van der Waals surface area contributed by atoms with E-state index in [-0.39, 0.29) is 11.9 Å². The zero-order valence-electron chi connectivity index (χ0n) is 12.3. The summed E-state index contributed by atoms with van der Waals surface area (Å²) in [4.78, 5) is 24.4. The fourth-order valence-corrected chi connectivity index (χ4v) is 2.60. The molecule has 6 heteroatoms. The minimum atomic E-state index is -0.124. The summed E-state index contributed by atoms with van der Waals surface area (Å²) in [6, 6.07) is 5.84. The molecule has 1 amide bonds. The Bertz CT molecular complexity index is 625. The quantitative estimate of drug-likeness (QED) is 0.884. The Morgan fingerprint density at radius 1 is 1.18 bits per heavy atom. The summed E-state index contributed by atoms with van der Waals surface area (Å²) in [6.45, 7) is 0.628. The van der Waals surface area contributed by atoms with E-state index in [1.165, 1.54) is 19.2 Å². The van der Waals surface area contributed by atoms with E-state index in [1.807, 2.05) is 12.1 Å². The molecule has 3 rings (SSSR count). The van der Waals surface area contributed by atoms with Crippen molar-refractivity contribution in [2.45, 2.75) is 38.3 Å². The van der Waals surface area contributed by atoms with Gasteiger partial charge in [-0.1, -0.05) is 12.8 Å². The van der Waals surface area contributed by atoms with Gasteiger partial charge in [-0.25, -0.2) is 9.97 Å². The van der Waals surface area contributed by atoms with Gasteiger partial charge in [0, 0.05) is 31.0 Å². The zero-order valence-corrected chi connectivity index (χ0v) is 12.3. The number of anilines is 1. The number of nitrogens with zero attached hydrogens (tertiary/aromatic N) is 3. The van der Waals surface area contributed by atoms with Crippen LogP contribution in [0.15, 0.2) is 36.9 Å². The Balaban J connectivity index is 1.60. The van der Waals surface area contributed by atoms with E-state index in [9.17, 15) is 4.79 Å². The van der Waals surface area contributed by atoms with Crippen molar-refractivity contribution < 1.29 is 4.79 Å². The number of amides is 1. The summed E-state index contributed by atoms with van der Waals surface area (Å²) < 4.78 is 0. The van der Waals surface area contributed by atoms with Crippen LogP contribution >= 0.6 is 0 Å². The van der Waals surface area contributed by atoms with Crippen molar-refractivity contribution in [1.29, 1.82) is 0 Å². The lowest BCUT2D eigenvalue weighted by atomic mass is 10.2. The van der Waals surface area contributed by atoms with Crippen LogP contribution in [0, 0.1) is 0 Å². The highest BCUT2D eigenvalue weighted by Gasteiger charge is 2.18. The molecule has 0 saturated heterocycles. The van der Waals surface area contributed by atoms with E-state index >= 15 is 0 Å². The van der Waals surface area contributed by atoms with Crippen LogP contribution in [0.4, 0.5) is 5.82 Å². The molecule has 2 heterocycles. The molecular formula is C16H19N5O. The normalized spacial score (nSPS) is 14.7. The predicted molar refractivity (Wildman–Crippen MR) is 83.3 cm³/mol. The number of nitrogens with one attached hydrogen (secondary N) is 2. The van der Waals surface area contributed by atoms with Crippen LogP contribution in [-0.4, -0.2) is 26.9 Å². The second-order valence-corrected chi connectivity index (χ2v) is 5.45. The molecule has 2 aromatic rings. The summed E-state index contributed by atoms with van der Waals surface area (Å²) in [6.07, 6.45) is 9.41. The number of pyridine rings is 1. The van der Waals surface area contributed by atoms with Crippen molar-refractivity contribution in [2.75, 3.05) is 5.32 Å². The van der Waals surface area contributed by atoms with Gasteiger partial charge in [-0.15, -0.1) is 0 Å². The van der Waals surface area contributed by atoms with Gasteiger partial charge in [-0.05, 0) is 30.5 Å². The third-order valence-corrected chi connectivity index (χ3v) is 3.81. The molecule has 0 aliphatic heterocycles. The van der Waals surface area contributed by atoms with Crippen molar-refractivity contribution in [1.82, 2.24) is 20.3 Å². The lowest BCUT2D eigenvalue weighted by Gasteiger charge is -2.12. The van der Waals surface area contributed by atoms with Gasteiger partial charge in [0.15, 0.2) is 0 Å². The molecule has 1 aliphatic carbocycles. The second-order valence-electron chi connectivity index (χ2n) is 5.45. The predicted octanol–water partition coefficient (Wildman–Crippen LogP) is 2.16. The van der Waals surface area contributed by atoms with Gasteiger partial charge in [0.25, 0.3) is 5.91 Å². The molecule has 1 fully saturated rings. The summed E-state index contributed by atoms with van der Waals surface area (Å²) in [5.74, 6) is 0.518. The van der Waals surface area contributed by atoms with E-state index in [0.717, 1.165) is 18.4 Å². The SMILES string of the molecule is O=C(NC1CCCC1)c1cc(NCc2ccncc2)ncn1. The number of hydrogen-bond acceptors (Lipinski definition) is 5. The monoisotopic (exact) mass is 297 g/mol. The molecule has 6 nitrogen and oxygen atoms in total. The molecular weight excluding hydrogens is 278 g/mol. The van der Waals surface area contributed by atoms with Gasteiger partial charge in [-0.3, -0.25) is 9.78 Å². The molecule has 114 valence electrons. The first-order valence-corrected chi connectivity index (χ1v) is 7.57. The van der Waals surface area contributed by atoms with E-state index in [4.69, 9.17) is 0 Å². The lowest BCUT2D eigenvalue weighted by Crippen LogP contribution is -2.33. The van der Waals surface area contributed by atoms with Gasteiger partial charge < -0.3 is 10.6 Å². The smallest absolute Gasteiger partial charge is 0.270 e. The van der Waals surface area contributed by atoms with Crippen LogP contribution in [0.5, 0.6) is 0 Å². The van der Waals surface area contributed by atoms with Gasteiger partial charge in [0.2, 0.25) is 0 Å². The average Bonchev–Trinajstić information content (AvgIpc) is 3.07. The summed E-state index contributed by atoms with van der Waals surface area (Å²) >= 11 is 0. The second kappa shape index (κ2) is 6.98. The lowest BCUT2D eigenvalue weighted by molar-refractivity contribution is 0.0932. The maximum Gasteiger partial charge on any atom is 0.270 e. The molecule has 22 heavy (non-hydrogen) atoms. The molecule has 0 aromatic carbocycles. The fourth-order valence-electron chi connectivity index (χ4n) is 2.60. The van der Waals surface area contributed by atoms with Gasteiger partial charge in [-0.2, -0.15) is 0 Å². The highest BCUT2D eigenvalue weighted by Crippen LogP contribution is 2.18. The maximum absolute atomic E-state index is 12.2. The van der Waals surface area contributed by atoms with Crippen molar-refractivity contribution in [3.05, 3.63) is 48.2 Å². The van der Waals surface area contributed by atoms with E-state index < -0.39 is 0 Å². The van der Waals surface area contributed by atoms with Gasteiger partial charge in [0.05, 0.1) is 0 Å². The third kappa shape index (κ3) is 3.78. The fraction of sp³-hybridized carbons (Fsp3) is 0.375. The Hall–Kier alpha value is -2.50. The van der Waals surface area contributed by atoms with Gasteiger partial charge >= 0.3 is 0 Å². The van der Waals surface area contributed by atoms with E-state index in [0.29, 0.717) is 18.1 Å². The summed E-state index contributed by atoms with van der Waals surface area (Å²) in [7, 11) is 0. The first-order chi connectivity index (χ1) is 10.8. The Morgan fingerprint density at radius 3 is 2.73 bits per heavy atom. The molecule has 0 atom stereocenters. The van der Waals surface area contributed by atoms with Crippen LogP contribution in [-0.2, 0) is 6.54 Å². The summed E-state index contributed by atoms with van der Waals surface area (Å²) in [5, 5.41) is 6.22. The minimum absolute atomic E-state index is 0.124. The number of aromatic nitrogens is 3. The molecule has 2 aromatic heterocycles. The molecule has 0 spiro atoms. The number of carbonyl (C=O) groups excluding carboxylic acids is 1. The van der Waals surface area contributed by atoms with E-state index in [2.05, 4.69) is 25.6 Å². The Labute approximate surface area is 129 Å². The van der Waals surface area contributed by atoms with Crippen LogP contribution in [0.2, 0.25) is 0 Å². The minimum Gasteiger partial charge on any atom is -0.366 e. The first-order valence-electron chi connectivity index (χ1n) is 7.57. The highest BCUT2D eigenvalue weighted by atomic mass is 16.1. The largest absolute Gasteiger partial charge is 0.366 e. The zero-order chi connectivity index (χ0) is 15.2. The topological polar surface area (TPSA) is 79.8 Å². The Kier molecular flexibility index (Phi) is 4.58. The molecule has 0 bridgehead atoms. The van der Waals surface area contributed by atoms with Crippen LogP contribution in [0.25, 0.3) is 0 Å². The van der Waals surface area contributed by atoms with E-state index in [1.54, 1.807) is 18.5 Å². The number of hydrogen-bond donors (Lipinski definition) is 2. The van der Waals surface area contributed by atoms with Crippen molar-refractivity contribution in [3.63, 3.8) is 0 Å². The molecule has 0 unspecified atom stereocenters. The number of rotatable bonds is 5. The van der Waals surface area contributed by atoms with Crippen molar-refractivity contribution in [2.24, 2.45) is 0 Å².